The molecule has 3 heterocycles. The Balaban J connectivity index is 1.41. The molecule has 124 valence electrons. The van der Waals surface area contributed by atoms with E-state index >= 15 is 0 Å². The van der Waals surface area contributed by atoms with E-state index in [4.69, 9.17) is 11.6 Å². The van der Waals surface area contributed by atoms with E-state index in [0.717, 1.165) is 19.5 Å². The number of hydrogen-bond donors (Lipinski definition) is 0. The lowest BCUT2D eigenvalue weighted by molar-refractivity contribution is -0.134. The number of fused-ring (bicyclic) bond motifs is 1. The smallest absolute Gasteiger partial charge is 0.227 e. The van der Waals surface area contributed by atoms with Crippen LogP contribution in [0.2, 0.25) is 5.02 Å². The summed E-state index contributed by atoms with van der Waals surface area (Å²) in [6.07, 6.45) is 6.08. The van der Waals surface area contributed by atoms with Crippen molar-refractivity contribution in [2.75, 3.05) is 31.1 Å². The summed E-state index contributed by atoms with van der Waals surface area (Å²) in [5.41, 5.74) is 0. The summed E-state index contributed by atoms with van der Waals surface area (Å²) in [5.74, 6) is 1.53. The number of aromatic nitrogens is 1. The van der Waals surface area contributed by atoms with Crippen molar-refractivity contribution in [2.24, 2.45) is 17.8 Å². The predicted molar refractivity (Wildman–Crippen MR) is 86.9 cm³/mol. The molecule has 6 heteroatoms. The van der Waals surface area contributed by atoms with Crippen LogP contribution in [0.4, 0.5) is 10.2 Å². The SMILES string of the molecule is O=C(C1CCN(c2ncc(Cl)cc2F)C1)N1CC2CCCC2C1. The van der Waals surface area contributed by atoms with Crippen LogP contribution in [0.15, 0.2) is 12.3 Å². The number of amides is 1. The van der Waals surface area contributed by atoms with Crippen molar-refractivity contribution >= 4 is 23.3 Å². The average Bonchev–Trinajstić information content (AvgIpc) is 3.22. The van der Waals surface area contributed by atoms with Crippen molar-refractivity contribution in [1.29, 1.82) is 0 Å². The second-order valence-electron chi connectivity index (χ2n) is 7.08. The van der Waals surface area contributed by atoms with E-state index in [1.54, 1.807) is 0 Å². The molecular weight excluding hydrogens is 317 g/mol. The van der Waals surface area contributed by atoms with Crippen LogP contribution in [-0.4, -0.2) is 42.0 Å². The van der Waals surface area contributed by atoms with Gasteiger partial charge in [0.15, 0.2) is 11.6 Å². The van der Waals surface area contributed by atoms with Gasteiger partial charge in [-0.3, -0.25) is 4.79 Å². The number of pyridine rings is 1. The second kappa shape index (κ2) is 5.93. The summed E-state index contributed by atoms with van der Waals surface area (Å²) in [4.78, 5) is 20.8. The van der Waals surface area contributed by atoms with E-state index in [1.165, 1.54) is 31.5 Å². The Hall–Kier alpha value is -1.36. The normalized spacial score (nSPS) is 30.1. The molecule has 0 spiro atoms. The number of anilines is 1. The molecule has 3 aliphatic rings. The Bertz CT molecular complexity index is 614. The topological polar surface area (TPSA) is 36.4 Å². The lowest BCUT2D eigenvalue weighted by Crippen LogP contribution is -2.36. The van der Waals surface area contributed by atoms with Gasteiger partial charge < -0.3 is 9.80 Å². The Kier molecular flexibility index (Phi) is 3.92. The van der Waals surface area contributed by atoms with Crippen LogP contribution >= 0.6 is 11.6 Å². The van der Waals surface area contributed by atoms with Crippen molar-refractivity contribution in [3.8, 4) is 0 Å². The Morgan fingerprint density at radius 1 is 1.22 bits per heavy atom. The highest BCUT2D eigenvalue weighted by Crippen LogP contribution is 2.38. The largest absolute Gasteiger partial charge is 0.353 e. The van der Waals surface area contributed by atoms with Crippen LogP contribution in [-0.2, 0) is 4.79 Å². The fourth-order valence-electron chi connectivity index (χ4n) is 4.47. The van der Waals surface area contributed by atoms with Crippen molar-refractivity contribution in [3.63, 3.8) is 0 Å². The maximum Gasteiger partial charge on any atom is 0.227 e. The molecule has 4 nitrogen and oxygen atoms in total. The average molecular weight is 338 g/mol. The summed E-state index contributed by atoms with van der Waals surface area (Å²) in [7, 11) is 0. The Labute approximate surface area is 140 Å². The van der Waals surface area contributed by atoms with Crippen LogP contribution in [0.3, 0.4) is 0 Å². The molecule has 0 aromatic carbocycles. The van der Waals surface area contributed by atoms with Gasteiger partial charge in [0.25, 0.3) is 0 Å². The molecule has 0 N–H and O–H groups in total. The minimum atomic E-state index is -0.415. The zero-order chi connectivity index (χ0) is 16.0. The molecule has 3 fully saturated rings. The second-order valence-corrected chi connectivity index (χ2v) is 7.52. The standard InChI is InChI=1S/C17H21ClFN3O/c18-14-6-15(19)16(20-7-14)21-5-4-13(10-21)17(23)22-8-11-2-1-3-12(11)9-22/h6-7,11-13H,1-5,8-10H2. The molecule has 0 radical (unpaired) electrons. The van der Waals surface area contributed by atoms with Gasteiger partial charge in [-0.2, -0.15) is 0 Å². The molecule has 3 atom stereocenters. The third-order valence-corrected chi connectivity index (χ3v) is 5.87. The quantitative estimate of drug-likeness (QED) is 0.832. The van der Waals surface area contributed by atoms with E-state index in [-0.39, 0.29) is 11.8 Å². The molecule has 0 bridgehead atoms. The van der Waals surface area contributed by atoms with Gasteiger partial charge in [-0.25, -0.2) is 9.37 Å². The van der Waals surface area contributed by atoms with E-state index < -0.39 is 5.82 Å². The summed E-state index contributed by atoms with van der Waals surface area (Å²) < 4.78 is 14.0. The van der Waals surface area contributed by atoms with E-state index in [0.29, 0.717) is 35.8 Å². The number of likely N-dealkylation sites (tertiary alicyclic amines) is 1. The highest BCUT2D eigenvalue weighted by Gasteiger charge is 2.41. The summed E-state index contributed by atoms with van der Waals surface area (Å²) in [5, 5.41) is 0.293. The van der Waals surface area contributed by atoms with Crippen molar-refractivity contribution in [1.82, 2.24) is 9.88 Å². The van der Waals surface area contributed by atoms with Crippen LogP contribution in [0.1, 0.15) is 25.7 Å². The summed E-state index contributed by atoms with van der Waals surface area (Å²) >= 11 is 5.75. The molecule has 2 aliphatic heterocycles. The van der Waals surface area contributed by atoms with Crippen molar-refractivity contribution < 1.29 is 9.18 Å². The molecule has 1 aliphatic carbocycles. The lowest BCUT2D eigenvalue weighted by atomic mass is 10.0. The molecule has 4 rings (SSSR count). The van der Waals surface area contributed by atoms with E-state index in [2.05, 4.69) is 4.98 Å². The molecule has 2 saturated heterocycles. The molecular formula is C17H21ClFN3O. The van der Waals surface area contributed by atoms with Gasteiger partial charge >= 0.3 is 0 Å². The van der Waals surface area contributed by atoms with E-state index in [1.807, 2.05) is 9.80 Å². The Morgan fingerprint density at radius 2 is 1.96 bits per heavy atom. The minimum absolute atomic E-state index is 0.0364. The maximum absolute atomic E-state index is 14.0. The first kappa shape index (κ1) is 15.2. The first-order valence-corrected chi connectivity index (χ1v) is 8.84. The number of carbonyl (C=O) groups excluding carboxylic acids is 1. The predicted octanol–water partition coefficient (Wildman–Crippen LogP) is 2.96. The molecule has 23 heavy (non-hydrogen) atoms. The molecule has 1 amide bonds. The van der Waals surface area contributed by atoms with Crippen LogP contribution in [0.25, 0.3) is 0 Å². The summed E-state index contributed by atoms with van der Waals surface area (Å²) in [6, 6.07) is 1.28. The van der Waals surface area contributed by atoms with Gasteiger partial charge in [0.2, 0.25) is 5.91 Å². The third-order valence-electron chi connectivity index (χ3n) is 5.66. The number of rotatable bonds is 2. The van der Waals surface area contributed by atoms with Crippen molar-refractivity contribution in [2.45, 2.75) is 25.7 Å². The van der Waals surface area contributed by atoms with Crippen LogP contribution < -0.4 is 4.90 Å². The first-order chi connectivity index (χ1) is 11.1. The number of nitrogens with zero attached hydrogens (tertiary/aromatic N) is 3. The van der Waals surface area contributed by atoms with Gasteiger partial charge in [0.05, 0.1) is 10.9 Å². The maximum atomic E-state index is 14.0. The van der Waals surface area contributed by atoms with Crippen LogP contribution in [0.5, 0.6) is 0 Å². The lowest BCUT2D eigenvalue weighted by Gasteiger charge is -2.22. The Morgan fingerprint density at radius 3 is 2.65 bits per heavy atom. The van der Waals surface area contributed by atoms with Crippen LogP contribution in [0, 0.1) is 23.6 Å². The number of halogens is 2. The van der Waals surface area contributed by atoms with E-state index in [9.17, 15) is 9.18 Å². The molecule has 3 unspecified atom stereocenters. The summed E-state index contributed by atoms with van der Waals surface area (Å²) in [6.45, 7) is 3.07. The zero-order valence-electron chi connectivity index (χ0n) is 13.0. The molecule has 1 aromatic heterocycles. The highest BCUT2D eigenvalue weighted by atomic mass is 35.5. The van der Waals surface area contributed by atoms with Crippen molar-refractivity contribution in [3.05, 3.63) is 23.1 Å². The monoisotopic (exact) mass is 337 g/mol. The fourth-order valence-corrected chi connectivity index (χ4v) is 4.61. The number of carbonyl (C=O) groups is 1. The van der Waals surface area contributed by atoms with Gasteiger partial charge in [0.1, 0.15) is 0 Å². The number of hydrogen-bond acceptors (Lipinski definition) is 3. The zero-order valence-corrected chi connectivity index (χ0v) is 13.8. The highest BCUT2D eigenvalue weighted by molar-refractivity contribution is 6.30. The van der Waals surface area contributed by atoms with Gasteiger partial charge in [-0.05, 0) is 37.2 Å². The first-order valence-electron chi connectivity index (χ1n) is 8.46. The van der Waals surface area contributed by atoms with Gasteiger partial charge in [-0.1, -0.05) is 18.0 Å². The fraction of sp³-hybridized carbons (Fsp3) is 0.647. The minimum Gasteiger partial charge on any atom is -0.353 e. The molecule has 1 saturated carbocycles. The van der Waals surface area contributed by atoms with Gasteiger partial charge in [0, 0.05) is 32.4 Å². The molecule has 1 aromatic rings. The third kappa shape index (κ3) is 2.80. The van der Waals surface area contributed by atoms with Gasteiger partial charge in [-0.15, -0.1) is 0 Å².